The van der Waals surface area contributed by atoms with Crippen LogP contribution in [0.1, 0.15) is 57.8 Å². The van der Waals surface area contributed by atoms with Gasteiger partial charge in [-0.3, -0.25) is 0 Å². The van der Waals surface area contributed by atoms with E-state index in [4.69, 9.17) is 0 Å². The van der Waals surface area contributed by atoms with Crippen LogP contribution in [0.25, 0.3) is 21.3 Å². The first-order valence-corrected chi connectivity index (χ1v) is 15.5. The molecular formula is C20H38Cl4N6O3Re2-4. The van der Waals surface area contributed by atoms with Crippen molar-refractivity contribution in [2.45, 2.75) is 76.3 Å². The first-order chi connectivity index (χ1) is 15.3. The normalized spacial score (nSPS) is 24.8. The second kappa shape index (κ2) is 28.0. The van der Waals surface area contributed by atoms with Gasteiger partial charge in [-0.25, -0.2) is 0 Å². The number of hydrogen-bond donors (Lipinski definition) is 2. The number of nitrogens with one attached hydrogen (secondary N) is 2. The van der Waals surface area contributed by atoms with Crippen LogP contribution < -0.4 is 10.6 Å². The number of allylic oxidation sites excluding steroid dienone is 2. The summed E-state index contributed by atoms with van der Waals surface area (Å²) in [5, 5.41) is 24.8. The fraction of sp³-hybridized carbons (Fsp3) is 0.800. The number of halogens is 4. The summed E-state index contributed by atoms with van der Waals surface area (Å²) in [7, 11) is 0. The van der Waals surface area contributed by atoms with E-state index in [9.17, 15) is 6.94 Å². The Kier molecular flexibility index (Phi) is 32.4. The predicted octanol–water partition coefficient (Wildman–Crippen LogP) is 5.96. The average molecular weight is 925 g/mol. The summed E-state index contributed by atoms with van der Waals surface area (Å²) in [6.07, 6.45) is 18.5. The van der Waals surface area contributed by atoms with Gasteiger partial charge in [-0.05, 0) is 6.54 Å². The van der Waals surface area contributed by atoms with Crippen molar-refractivity contribution in [1.82, 2.24) is 10.6 Å². The summed E-state index contributed by atoms with van der Waals surface area (Å²) in [6.45, 7) is 3.89. The Balaban J connectivity index is -0.000000450. The van der Waals surface area contributed by atoms with Gasteiger partial charge in [0, 0.05) is 0 Å². The minimum absolute atomic E-state index is 0. The molecule has 0 spiro atoms. The zero-order chi connectivity index (χ0) is 22.0. The molecule has 0 bridgehead atoms. The van der Waals surface area contributed by atoms with Crippen molar-refractivity contribution in [3.63, 3.8) is 0 Å². The molecule has 0 aliphatic carbocycles. The van der Waals surface area contributed by atoms with Gasteiger partial charge in [-0.1, -0.05) is 94.2 Å². The molecular weight excluding hydrogens is 886 g/mol. The number of nitrogens with zero attached hydrogens (tertiary/aromatic N) is 4. The molecule has 0 radical (unpaired) electrons. The van der Waals surface area contributed by atoms with Gasteiger partial charge in [0.2, 0.25) is 0 Å². The van der Waals surface area contributed by atoms with Crippen molar-refractivity contribution in [2.24, 2.45) is 0 Å². The molecule has 0 amide bonds. The molecule has 3 fully saturated rings. The van der Waals surface area contributed by atoms with Crippen LogP contribution in [0, 0.1) is 0 Å². The van der Waals surface area contributed by atoms with Gasteiger partial charge < -0.3 is 31.9 Å². The number of hydrogen-bond acceptors (Lipinski definition) is 5. The molecule has 0 saturated carbocycles. The van der Waals surface area contributed by atoms with E-state index in [-0.39, 0.29) is 49.6 Å². The van der Waals surface area contributed by atoms with Crippen molar-refractivity contribution in [3.05, 3.63) is 45.3 Å². The first kappa shape index (κ1) is 40.5. The molecule has 35 heavy (non-hydrogen) atoms. The summed E-state index contributed by atoms with van der Waals surface area (Å²) in [6, 6.07) is 0. The van der Waals surface area contributed by atoms with Crippen LogP contribution >= 0.6 is 49.6 Å². The number of piperidine rings is 3. The summed E-state index contributed by atoms with van der Waals surface area (Å²) >= 11 is -3.35. The second-order valence-electron chi connectivity index (χ2n) is 7.57. The van der Waals surface area contributed by atoms with Crippen LogP contribution in [0.4, 0.5) is 0 Å². The molecule has 0 aromatic heterocycles. The van der Waals surface area contributed by atoms with Crippen LogP contribution in [0.3, 0.4) is 0 Å². The summed E-state index contributed by atoms with van der Waals surface area (Å²) < 4.78 is 22.6. The predicted molar refractivity (Wildman–Crippen MR) is 141 cm³/mol. The van der Waals surface area contributed by atoms with E-state index in [1.54, 1.807) is 0 Å². The van der Waals surface area contributed by atoms with E-state index in [1.165, 1.54) is 51.4 Å². The second-order valence-corrected chi connectivity index (χ2v) is 12.3. The number of rotatable bonds is 6. The first-order valence-electron chi connectivity index (χ1n) is 11.1. The molecule has 4 aliphatic heterocycles. The zero-order valence-corrected chi connectivity index (χ0v) is 28.3. The monoisotopic (exact) mass is 924 g/mol. The van der Waals surface area contributed by atoms with Crippen LogP contribution in [0.5, 0.6) is 0 Å². The molecule has 4 rings (SSSR count). The Hall–Kier alpha value is 0.965. The maximum atomic E-state index is 9.30. The maximum absolute atomic E-state index is 9.30. The zero-order valence-electron chi connectivity index (χ0n) is 19.6. The SMILES string of the molecule is C1=CC[N-]C(NC2CCCC[N-]2)=C1.C1CCC(NC2CCCC[N-]2)[N-]C1.Cl.Cl.Cl.Cl.[O]=[Re][O][Re]=[O]. The van der Waals surface area contributed by atoms with E-state index in [0.717, 1.165) is 38.4 Å². The van der Waals surface area contributed by atoms with E-state index < -0.39 is 36.6 Å². The molecule has 3 saturated heterocycles. The van der Waals surface area contributed by atoms with E-state index in [1.807, 2.05) is 18.2 Å². The molecule has 0 aromatic carbocycles. The fourth-order valence-corrected chi connectivity index (χ4v) is 4.32. The average Bonchev–Trinajstić information content (AvgIpc) is 2.83. The van der Waals surface area contributed by atoms with Crippen molar-refractivity contribution >= 4 is 49.6 Å². The summed E-state index contributed by atoms with van der Waals surface area (Å²) in [4.78, 5) is 0. The van der Waals surface area contributed by atoms with E-state index >= 15 is 0 Å². The third kappa shape index (κ3) is 20.6. The van der Waals surface area contributed by atoms with Gasteiger partial charge in [0.05, 0.1) is 0 Å². The standard InChI is InChI=1S/C10H19N3.C10H15N3.4ClH.3O.2Re/c2*1-3-7-11-9(5-1)13-10-6-2-4-8-12-10;;;;;;;;;/h9-10,13H,1-8H2;1,3,5,10,13H,2,4,6-8H2;4*1H;;;;;/q2*-2;;;;;;;;;. The Labute approximate surface area is 252 Å². The summed E-state index contributed by atoms with van der Waals surface area (Å²) in [5.74, 6) is 0.984. The van der Waals surface area contributed by atoms with Gasteiger partial charge in [0.1, 0.15) is 0 Å². The third-order valence-corrected chi connectivity index (χ3v) is 8.35. The molecule has 3 unspecified atom stereocenters. The Morgan fingerprint density at radius 3 is 1.57 bits per heavy atom. The van der Waals surface area contributed by atoms with Gasteiger partial charge in [0.25, 0.3) is 0 Å². The molecule has 3 atom stereocenters. The molecule has 2 N–H and O–H groups in total. The molecule has 9 nitrogen and oxygen atoms in total. The van der Waals surface area contributed by atoms with Crippen molar-refractivity contribution in [1.29, 1.82) is 0 Å². The van der Waals surface area contributed by atoms with Crippen molar-refractivity contribution < 1.29 is 45.7 Å². The van der Waals surface area contributed by atoms with Gasteiger partial charge in [0.15, 0.2) is 0 Å². The summed E-state index contributed by atoms with van der Waals surface area (Å²) in [5.41, 5.74) is 0. The van der Waals surface area contributed by atoms with Gasteiger partial charge in [-0.15, -0.1) is 75.4 Å². The Morgan fingerprint density at radius 2 is 1.23 bits per heavy atom. The molecule has 4 aliphatic rings. The van der Waals surface area contributed by atoms with Crippen LogP contribution in [-0.2, 0) is 45.7 Å². The quantitative estimate of drug-likeness (QED) is 0.341. The minimum atomic E-state index is -1.67. The van der Waals surface area contributed by atoms with Crippen molar-refractivity contribution in [2.75, 3.05) is 26.2 Å². The fourth-order valence-electron chi connectivity index (χ4n) is 3.67. The molecule has 212 valence electrons. The van der Waals surface area contributed by atoms with Crippen LogP contribution in [0.15, 0.2) is 24.0 Å². The van der Waals surface area contributed by atoms with E-state index in [0.29, 0.717) is 18.5 Å². The van der Waals surface area contributed by atoms with Gasteiger partial charge in [-0.2, -0.15) is 0 Å². The van der Waals surface area contributed by atoms with Crippen molar-refractivity contribution in [3.8, 4) is 0 Å². The molecule has 0 aromatic rings. The molecule has 4 heterocycles. The van der Waals surface area contributed by atoms with E-state index in [2.05, 4.69) is 34.1 Å². The third-order valence-electron chi connectivity index (χ3n) is 5.21. The van der Waals surface area contributed by atoms with Gasteiger partial charge >= 0.3 is 45.7 Å². The Bertz CT molecular complexity index is 545. The van der Waals surface area contributed by atoms with Crippen LogP contribution in [-0.4, -0.2) is 44.7 Å². The Morgan fingerprint density at radius 1 is 0.743 bits per heavy atom. The molecule has 15 heteroatoms. The van der Waals surface area contributed by atoms with Crippen LogP contribution in [0.2, 0.25) is 0 Å². The topological polar surface area (TPSA) is 124 Å².